The maximum Gasteiger partial charge on any atom is 0.129 e. The Morgan fingerprint density at radius 1 is 1.00 bits per heavy atom. The molecule has 0 unspecified atom stereocenters. The highest BCUT2D eigenvalue weighted by Gasteiger charge is 2.53. The first kappa shape index (κ1) is 12.8. The molecule has 4 saturated carbocycles. The Bertz CT molecular complexity index is 360. The van der Waals surface area contributed by atoms with Crippen molar-refractivity contribution in [2.45, 2.75) is 64.3 Å². The fourth-order valence-corrected chi connectivity index (χ4v) is 5.52. The van der Waals surface area contributed by atoms with Crippen molar-refractivity contribution in [3.63, 3.8) is 0 Å². The molecule has 1 nitrogen and oxygen atoms in total. The summed E-state index contributed by atoms with van der Waals surface area (Å²) in [6.07, 6.45) is 7.72. The molecular formula is C16H26OSi. The predicted molar refractivity (Wildman–Crippen MR) is 77.7 cm³/mol. The van der Waals surface area contributed by atoms with Crippen molar-refractivity contribution < 1.29 is 5.11 Å². The average Bonchev–Trinajstić information content (AvgIpc) is 2.22. The van der Waals surface area contributed by atoms with Gasteiger partial charge in [0.2, 0.25) is 0 Å². The Kier molecular flexibility index (Phi) is 2.92. The van der Waals surface area contributed by atoms with Crippen molar-refractivity contribution >= 4 is 8.07 Å². The summed E-state index contributed by atoms with van der Waals surface area (Å²) >= 11 is 0. The van der Waals surface area contributed by atoms with Gasteiger partial charge in [-0.2, -0.15) is 0 Å². The molecule has 4 aliphatic carbocycles. The van der Waals surface area contributed by atoms with E-state index in [2.05, 4.69) is 31.1 Å². The van der Waals surface area contributed by atoms with E-state index < -0.39 is 8.07 Å². The van der Waals surface area contributed by atoms with Gasteiger partial charge in [0.1, 0.15) is 14.2 Å². The number of hydrogen-bond donors (Lipinski definition) is 1. The zero-order chi connectivity index (χ0) is 13.0. The smallest absolute Gasteiger partial charge is 0.129 e. The van der Waals surface area contributed by atoms with Gasteiger partial charge in [-0.3, -0.25) is 0 Å². The molecule has 0 radical (unpaired) electrons. The molecule has 0 aromatic heterocycles. The minimum atomic E-state index is -1.36. The lowest BCUT2D eigenvalue weighted by Gasteiger charge is -2.57. The molecule has 0 aromatic carbocycles. The summed E-state index contributed by atoms with van der Waals surface area (Å²) in [4.78, 5) is 0. The van der Waals surface area contributed by atoms with Crippen molar-refractivity contribution in [1.29, 1.82) is 0 Å². The van der Waals surface area contributed by atoms with Crippen LogP contribution in [-0.2, 0) is 0 Å². The predicted octanol–water partition coefficient (Wildman–Crippen LogP) is 3.44. The second-order valence-corrected chi connectivity index (χ2v) is 13.0. The van der Waals surface area contributed by atoms with Crippen molar-refractivity contribution in [3.05, 3.63) is 0 Å². The standard InChI is InChI=1S/C16H26OSi/c1-18(2,3)5-4-15(17)16-9-12-6-13(10-16)8-14(7-12)11-16/h12-15,17H,6-11H2,1-3H3/t12?,13?,14?,15-,16?/m0/s1. The molecular weight excluding hydrogens is 236 g/mol. The molecule has 4 fully saturated rings. The van der Waals surface area contributed by atoms with Gasteiger partial charge in [0, 0.05) is 5.41 Å². The van der Waals surface area contributed by atoms with Crippen LogP contribution in [0, 0.1) is 34.6 Å². The van der Waals surface area contributed by atoms with Crippen LogP contribution in [0.5, 0.6) is 0 Å². The molecule has 0 aromatic rings. The van der Waals surface area contributed by atoms with Gasteiger partial charge in [0.15, 0.2) is 0 Å². The highest BCUT2D eigenvalue weighted by atomic mass is 28.3. The lowest BCUT2D eigenvalue weighted by atomic mass is 9.48. The molecule has 2 heteroatoms. The van der Waals surface area contributed by atoms with Gasteiger partial charge in [-0.25, -0.2) is 0 Å². The molecule has 1 N–H and O–H groups in total. The molecule has 0 spiro atoms. The summed E-state index contributed by atoms with van der Waals surface area (Å²) in [6.45, 7) is 6.77. The van der Waals surface area contributed by atoms with Crippen LogP contribution in [0.4, 0.5) is 0 Å². The van der Waals surface area contributed by atoms with E-state index in [1.165, 1.54) is 38.5 Å². The first-order valence-corrected chi connectivity index (χ1v) is 11.1. The van der Waals surface area contributed by atoms with Crippen LogP contribution in [0.1, 0.15) is 38.5 Å². The summed E-state index contributed by atoms with van der Waals surface area (Å²) in [7, 11) is -1.36. The van der Waals surface area contributed by atoms with E-state index in [0.29, 0.717) is 0 Å². The van der Waals surface area contributed by atoms with E-state index in [1.807, 2.05) is 0 Å². The van der Waals surface area contributed by atoms with Crippen LogP contribution >= 0.6 is 0 Å². The summed E-state index contributed by atoms with van der Waals surface area (Å²) in [5.74, 6) is 5.95. The first-order chi connectivity index (χ1) is 8.36. The quantitative estimate of drug-likeness (QED) is 0.567. The molecule has 4 bridgehead atoms. The normalized spacial score (nSPS) is 43.4. The molecule has 1 atom stereocenters. The molecule has 0 aliphatic heterocycles. The van der Waals surface area contributed by atoms with Gasteiger partial charge in [-0.15, -0.1) is 5.54 Å². The molecule has 4 rings (SSSR count). The Balaban J connectivity index is 1.80. The van der Waals surface area contributed by atoms with E-state index in [-0.39, 0.29) is 11.5 Å². The average molecular weight is 262 g/mol. The Morgan fingerprint density at radius 2 is 1.44 bits per heavy atom. The number of hydrogen-bond acceptors (Lipinski definition) is 1. The topological polar surface area (TPSA) is 20.2 Å². The fourth-order valence-electron chi connectivity index (χ4n) is 4.95. The van der Waals surface area contributed by atoms with Gasteiger partial charge in [0.25, 0.3) is 0 Å². The molecule has 0 amide bonds. The van der Waals surface area contributed by atoms with Gasteiger partial charge in [-0.05, 0) is 56.3 Å². The van der Waals surface area contributed by atoms with Crippen LogP contribution in [0.15, 0.2) is 0 Å². The zero-order valence-electron chi connectivity index (χ0n) is 12.0. The highest BCUT2D eigenvalue weighted by Crippen LogP contribution is 2.61. The van der Waals surface area contributed by atoms with Crippen LogP contribution in [0.25, 0.3) is 0 Å². The van der Waals surface area contributed by atoms with Crippen LogP contribution in [0.3, 0.4) is 0 Å². The summed E-state index contributed by atoms with van der Waals surface area (Å²) in [6, 6.07) is 0. The Labute approximate surface area is 112 Å². The van der Waals surface area contributed by atoms with E-state index >= 15 is 0 Å². The zero-order valence-corrected chi connectivity index (χ0v) is 13.0. The minimum absolute atomic E-state index is 0.182. The molecule has 18 heavy (non-hydrogen) atoms. The van der Waals surface area contributed by atoms with E-state index in [1.54, 1.807) is 0 Å². The Morgan fingerprint density at radius 3 is 1.83 bits per heavy atom. The van der Waals surface area contributed by atoms with Gasteiger partial charge >= 0.3 is 0 Å². The monoisotopic (exact) mass is 262 g/mol. The van der Waals surface area contributed by atoms with Crippen molar-refractivity contribution in [1.82, 2.24) is 0 Å². The third-order valence-electron chi connectivity index (χ3n) is 5.25. The van der Waals surface area contributed by atoms with Gasteiger partial charge in [-0.1, -0.05) is 25.6 Å². The summed E-state index contributed by atoms with van der Waals surface area (Å²) in [5, 5.41) is 10.6. The second-order valence-electron chi connectivity index (χ2n) is 8.20. The highest BCUT2D eigenvalue weighted by molar-refractivity contribution is 6.83. The van der Waals surface area contributed by atoms with Crippen LogP contribution < -0.4 is 0 Å². The number of aliphatic hydroxyl groups is 1. The lowest BCUT2D eigenvalue weighted by molar-refractivity contribution is -0.101. The maximum atomic E-state index is 10.6. The Hall–Kier alpha value is -0.263. The van der Waals surface area contributed by atoms with E-state index in [0.717, 1.165) is 17.8 Å². The van der Waals surface area contributed by atoms with Crippen LogP contribution in [0.2, 0.25) is 19.6 Å². The largest absolute Gasteiger partial charge is 0.380 e. The lowest BCUT2D eigenvalue weighted by Crippen LogP contribution is -2.51. The molecule has 4 aliphatic rings. The number of rotatable bonds is 1. The van der Waals surface area contributed by atoms with Crippen LogP contribution in [-0.4, -0.2) is 19.3 Å². The minimum Gasteiger partial charge on any atom is -0.380 e. The van der Waals surface area contributed by atoms with Crippen molar-refractivity contribution in [2.75, 3.05) is 0 Å². The number of aliphatic hydroxyl groups excluding tert-OH is 1. The molecule has 0 heterocycles. The fraction of sp³-hybridized carbons (Fsp3) is 0.875. The first-order valence-electron chi connectivity index (χ1n) is 7.57. The van der Waals surface area contributed by atoms with Gasteiger partial charge in [0.05, 0.1) is 0 Å². The van der Waals surface area contributed by atoms with Crippen molar-refractivity contribution in [2.24, 2.45) is 23.2 Å². The summed E-state index contributed by atoms with van der Waals surface area (Å²) < 4.78 is 0. The second kappa shape index (κ2) is 4.12. The third-order valence-corrected chi connectivity index (χ3v) is 6.14. The van der Waals surface area contributed by atoms with E-state index in [4.69, 9.17) is 0 Å². The third kappa shape index (κ3) is 2.28. The maximum absolute atomic E-state index is 10.6. The SMILES string of the molecule is C[Si](C)(C)C#C[C@H](O)C12CC3CC(CC(C3)C1)C2. The van der Waals surface area contributed by atoms with Gasteiger partial charge < -0.3 is 5.11 Å². The van der Waals surface area contributed by atoms with Crippen molar-refractivity contribution in [3.8, 4) is 11.5 Å². The summed E-state index contributed by atoms with van der Waals surface area (Å²) in [5.41, 5.74) is 3.57. The molecule has 0 saturated heterocycles. The molecule has 100 valence electrons. The van der Waals surface area contributed by atoms with E-state index in [9.17, 15) is 5.11 Å².